The fourth-order valence-electron chi connectivity index (χ4n) is 2.67. The Morgan fingerprint density at radius 2 is 1.65 bits per heavy atom. The maximum absolute atomic E-state index is 12.4. The van der Waals surface area contributed by atoms with Crippen LogP contribution >= 0.6 is 0 Å². The van der Waals surface area contributed by atoms with Crippen molar-refractivity contribution in [1.82, 2.24) is 0 Å². The largest absolute Gasteiger partial charge is 0.325 e. The van der Waals surface area contributed by atoms with E-state index in [2.05, 4.69) is 37.4 Å². The maximum atomic E-state index is 12.4. The summed E-state index contributed by atoms with van der Waals surface area (Å²) in [5.41, 5.74) is 0.922. The summed E-state index contributed by atoms with van der Waals surface area (Å²) in [6.45, 7) is 4.27. The van der Waals surface area contributed by atoms with Gasteiger partial charge in [-0.05, 0) is 24.3 Å². The number of hydrogen-bond donors (Lipinski definition) is 1. The summed E-state index contributed by atoms with van der Waals surface area (Å²) in [6.07, 6.45) is 4.02. The Kier molecular flexibility index (Phi) is 5.16. The van der Waals surface area contributed by atoms with Gasteiger partial charge in [-0.2, -0.15) is 0 Å². The van der Waals surface area contributed by atoms with Crippen molar-refractivity contribution in [3.8, 4) is 0 Å². The number of hydrogen-bond acceptors (Lipinski definition) is 1. The van der Waals surface area contributed by atoms with Crippen molar-refractivity contribution in [3.63, 3.8) is 0 Å². The Morgan fingerprint density at radius 3 is 2.35 bits per heavy atom. The molecule has 2 aromatic carbocycles. The molecule has 2 aromatic rings. The van der Waals surface area contributed by atoms with Gasteiger partial charge in [0.15, 0.2) is 0 Å². The second kappa shape index (κ2) is 7.09. The molecule has 106 valence electrons. The van der Waals surface area contributed by atoms with E-state index in [1.54, 1.807) is 0 Å². The van der Waals surface area contributed by atoms with Crippen molar-refractivity contribution in [3.05, 3.63) is 42.5 Å². The lowest BCUT2D eigenvalue weighted by molar-refractivity contribution is -0.120. The summed E-state index contributed by atoms with van der Waals surface area (Å²) in [5.74, 6) is 0.286. The Labute approximate surface area is 121 Å². The monoisotopic (exact) mass is 269 g/mol. The van der Waals surface area contributed by atoms with Gasteiger partial charge in [0.2, 0.25) is 5.91 Å². The van der Waals surface area contributed by atoms with Crippen LogP contribution in [0.1, 0.15) is 39.5 Å². The van der Waals surface area contributed by atoms with Crippen molar-refractivity contribution in [2.24, 2.45) is 5.92 Å². The van der Waals surface area contributed by atoms with Crippen LogP contribution < -0.4 is 5.32 Å². The topological polar surface area (TPSA) is 29.1 Å². The van der Waals surface area contributed by atoms with E-state index in [-0.39, 0.29) is 11.8 Å². The van der Waals surface area contributed by atoms with Gasteiger partial charge in [0.1, 0.15) is 0 Å². The zero-order valence-electron chi connectivity index (χ0n) is 12.4. The van der Waals surface area contributed by atoms with E-state index >= 15 is 0 Å². The van der Waals surface area contributed by atoms with Crippen LogP contribution in [-0.2, 0) is 4.79 Å². The fraction of sp³-hybridized carbons (Fsp3) is 0.389. The van der Waals surface area contributed by atoms with Crippen molar-refractivity contribution in [2.45, 2.75) is 39.5 Å². The van der Waals surface area contributed by atoms with Gasteiger partial charge in [0.05, 0.1) is 0 Å². The molecule has 2 nitrogen and oxygen atoms in total. The molecule has 2 heteroatoms. The Balaban J connectivity index is 2.20. The lowest BCUT2D eigenvalue weighted by Crippen LogP contribution is -2.22. The fourth-order valence-corrected chi connectivity index (χ4v) is 2.67. The summed E-state index contributed by atoms with van der Waals surface area (Å²) in [6, 6.07) is 14.2. The van der Waals surface area contributed by atoms with Crippen LogP contribution in [0.4, 0.5) is 5.69 Å². The highest BCUT2D eigenvalue weighted by Gasteiger charge is 2.17. The maximum Gasteiger partial charge on any atom is 0.227 e. The molecule has 0 bridgehead atoms. The van der Waals surface area contributed by atoms with Gasteiger partial charge in [-0.15, -0.1) is 0 Å². The van der Waals surface area contributed by atoms with Gasteiger partial charge in [0, 0.05) is 17.0 Å². The third-order valence-electron chi connectivity index (χ3n) is 3.69. The molecule has 0 spiro atoms. The number of carbonyl (C=O) groups excluding carboxylic acids is 1. The zero-order valence-corrected chi connectivity index (χ0v) is 12.4. The molecule has 0 atom stereocenters. The first-order valence-electron chi connectivity index (χ1n) is 7.54. The van der Waals surface area contributed by atoms with Crippen LogP contribution in [-0.4, -0.2) is 5.91 Å². The molecule has 0 aliphatic carbocycles. The lowest BCUT2D eigenvalue weighted by Gasteiger charge is -2.16. The predicted molar refractivity (Wildman–Crippen MR) is 85.9 cm³/mol. The summed E-state index contributed by atoms with van der Waals surface area (Å²) < 4.78 is 0. The first-order valence-corrected chi connectivity index (χ1v) is 7.54. The summed E-state index contributed by atoms with van der Waals surface area (Å²) in [4.78, 5) is 12.4. The van der Waals surface area contributed by atoms with E-state index in [0.717, 1.165) is 42.1 Å². The second-order valence-corrected chi connectivity index (χ2v) is 5.29. The molecule has 20 heavy (non-hydrogen) atoms. The highest BCUT2D eigenvalue weighted by Crippen LogP contribution is 2.24. The zero-order chi connectivity index (χ0) is 14.4. The minimum absolute atomic E-state index is 0.129. The molecule has 0 aliphatic rings. The van der Waals surface area contributed by atoms with Crippen LogP contribution in [0.15, 0.2) is 42.5 Å². The molecule has 0 aliphatic heterocycles. The third kappa shape index (κ3) is 3.38. The predicted octanol–water partition coefficient (Wildman–Crippen LogP) is 4.99. The molecule has 2 rings (SSSR count). The van der Waals surface area contributed by atoms with Gasteiger partial charge < -0.3 is 5.32 Å². The van der Waals surface area contributed by atoms with E-state index in [1.165, 1.54) is 0 Å². The highest BCUT2D eigenvalue weighted by molar-refractivity contribution is 6.02. The summed E-state index contributed by atoms with van der Waals surface area (Å²) in [5, 5.41) is 5.38. The minimum Gasteiger partial charge on any atom is -0.325 e. The van der Waals surface area contributed by atoms with Crippen LogP contribution in [0.25, 0.3) is 10.8 Å². The van der Waals surface area contributed by atoms with Crippen molar-refractivity contribution >= 4 is 22.4 Å². The molecule has 0 unspecified atom stereocenters. The summed E-state index contributed by atoms with van der Waals surface area (Å²) in [7, 11) is 0. The van der Waals surface area contributed by atoms with Gasteiger partial charge in [-0.3, -0.25) is 4.79 Å². The Hall–Kier alpha value is -1.83. The SMILES string of the molecule is CCCC(CCC)C(=O)Nc1cccc2ccccc12. The average Bonchev–Trinajstić information content (AvgIpc) is 2.47. The smallest absolute Gasteiger partial charge is 0.227 e. The molecule has 0 fully saturated rings. The minimum atomic E-state index is 0.129. The molecular weight excluding hydrogens is 246 g/mol. The van der Waals surface area contributed by atoms with E-state index in [9.17, 15) is 4.79 Å². The van der Waals surface area contributed by atoms with Gasteiger partial charge >= 0.3 is 0 Å². The number of rotatable bonds is 6. The molecule has 1 amide bonds. The van der Waals surface area contributed by atoms with E-state index in [1.807, 2.05) is 24.3 Å². The molecular formula is C18H23NO. The molecule has 0 aromatic heterocycles. The van der Waals surface area contributed by atoms with Crippen molar-refractivity contribution in [1.29, 1.82) is 0 Å². The first-order chi connectivity index (χ1) is 9.76. The molecule has 0 radical (unpaired) electrons. The van der Waals surface area contributed by atoms with Gasteiger partial charge in [-0.1, -0.05) is 63.1 Å². The Bertz CT molecular complexity index is 565. The van der Waals surface area contributed by atoms with Gasteiger partial charge in [0.25, 0.3) is 0 Å². The number of carbonyl (C=O) groups is 1. The number of amides is 1. The number of benzene rings is 2. The van der Waals surface area contributed by atoms with Gasteiger partial charge in [-0.25, -0.2) is 0 Å². The van der Waals surface area contributed by atoms with Crippen molar-refractivity contribution in [2.75, 3.05) is 5.32 Å². The third-order valence-corrected chi connectivity index (χ3v) is 3.69. The number of fused-ring (bicyclic) bond motifs is 1. The standard InChI is InChI=1S/C18H23NO/c1-3-8-15(9-4-2)18(20)19-17-13-7-11-14-10-5-6-12-16(14)17/h5-7,10-13,15H,3-4,8-9H2,1-2H3,(H,19,20). The van der Waals surface area contributed by atoms with E-state index in [4.69, 9.17) is 0 Å². The van der Waals surface area contributed by atoms with Crippen LogP contribution in [0.2, 0.25) is 0 Å². The molecule has 0 saturated carbocycles. The average molecular weight is 269 g/mol. The van der Waals surface area contributed by atoms with E-state index in [0.29, 0.717) is 0 Å². The number of nitrogens with one attached hydrogen (secondary N) is 1. The molecule has 0 heterocycles. The van der Waals surface area contributed by atoms with Crippen LogP contribution in [0, 0.1) is 5.92 Å². The Morgan fingerprint density at radius 1 is 1.00 bits per heavy atom. The van der Waals surface area contributed by atoms with Crippen LogP contribution in [0.3, 0.4) is 0 Å². The second-order valence-electron chi connectivity index (χ2n) is 5.29. The molecule has 0 saturated heterocycles. The van der Waals surface area contributed by atoms with Crippen LogP contribution in [0.5, 0.6) is 0 Å². The highest BCUT2D eigenvalue weighted by atomic mass is 16.1. The quantitative estimate of drug-likeness (QED) is 0.786. The molecule has 1 N–H and O–H groups in total. The summed E-state index contributed by atoms with van der Waals surface area (Å²) >= 11 is 0. The first kappa shape index (κ1) is 14.6. The number of anilines is 1. The normalized spacial score (nSPS) is 10.9. The van der Waals surface area contributed by atoms with E-state index < -0.39 is 0 Å². The van der Waals surface area contributed by atoms with Crippen molar-refractivity contribution < 1.29 is 4.79 Å². The lowest BCUT2D eigenvalue weighted by atomic mass is 9.97.